The highest BCUT2D eigenvalue weighted by Gasteiger charge is 2.44. The zero-order chi connectivity index (χ0) is 17.0. The largest absolute Gasteiger partial charge is 0.396 e. The minimum Gasteiger partial charge on any atom is -0.396 e. The second kappa shape index (κ2) is 8.28. The van der Waals surface area contributed by atoms with Gasteiger partial charge in [0.15, 0.2) is 0 Å². The third kappa shape index (κ3) is 4.47. The third-order valence-corrected chi connectivity index (χ3v) is 6.94. The molecule has 4 unspecified atom stereocenters. The predicted octanol–water partition coefficient (Wildman–Crippen LogP) is 2.05. The summed E-state index contributed by atoms with van der Waals surface area (Å²) >= 11 is 0. The summed E-state index contributed by atoms with van der Waals surface area (Å²) < 4.78 is 0. The van der Waals surface area contributed by atoms with E-state index in [1.165, 1.54) is 0 Å². The van der Waals surface area contributed by atoms with Gasteiger partial charge < -0.3 is 20.4 Å². The molecule has 2 saturated carbocycles. The van der Waals surface area contributed by atoms with E-state index in [9.17, 15) is 20.4 Å². The maximum absolute atomic E-state index is 9.61. The maximum Gasteiger partial charge on any atom is 0.0459 e. The topological polar surface area (TPSA) is 80.9 Å². The second-order valence-electron chi connectivity index (χ2n) is 8.82. The Hall–Kier alpha value is -0.160. The highest BCUT2D eigenvalue weighted by molar-refractivity contribution is 4.94. The first-order chi connectivity index (χ1) is 10.9. The minimum atomic E-state index is 0.114. The molecule has 0 aliphatic heterocycles. The van der Waals surface area contributed by atoms with Crippen molar-refractivity contribution in [3.63, 3.8) is 0 Å². The Balaban J connectivity index is 2.11. The smallest absolute Gasteiger partial charge is 0.0459 e. The molecule has 0 heterocycles. The first kappa shape index (κ1) is 19.2. The highest BCUT2D eigenvalue weighted by atomic mass is 16.3. The maximum atomic E-state index is 9.61. The summed E-state index contributed by atoms with van der Waals surface area (Å²) in [6.07, 6.45) is 5.99. The molecule has 4 N–H and O–H groups in total. The summed E-state index contributed by atoms with van der Waals surface area (Å²) in [7, 11) is 0. The van der Waals surface area contributed by atoms with Crippen LogP contribution in [-0.2, 0) is 0 Å². The molecule has 23 heavy (non-hydrogen) atoms. The van der Waals surface area contributed by atoms with Crippen LogP contribution in [0.4, 0.5) is 0 Å². The number of hydrogen-bond acceptors (Lipinski definition) is 4. The van der Waals surface area contributed by atoms with Crippen LogP contribution in [0.2, 0.25) is 0 Å². The molecule has 5 atom stereocenters. The Morgan fingerprint density at radius 3 is 1.04 bits per heavy atom. The summed E-state index contributed by atoms with van der Waals surface area (Å²) in [5.74, 6) is 2.19. The summed E-state index contributed by atoms with van der Waals surface area (Å²) in [4.78, 5) is 0. The van der Waals surface area contributed by atoms with Gasteiger partial charge in [-0.2, -0.15) is 0 Å². The molecule has 136 valence electrons. The number of aliphatic hydroxyl groups is 4. The average molecular weight is 328 g/mol. The van der Waals surface area contributed by atoms with E-state index in [1.54, 1.807) is 0 Å². The monoisotopic (exact) mass is 328 g/mol. The highest BCUT2D eigenvalue weighted by Crippen LogP contribution is 2.52. The zero-order valence-corrected chi connectivity index (χ0v) is 14.8. The van der Waals surface area contributed by atoms with E-state index in [1.807, 2.05) is 0 Å². The van der Waals surface area contributed by atoms with Crippen molar-refractivity contribution in [2.45, 2.75) is 52.4 Å². The van der Waals surface area contributed by atoms with Crippen LogP contribution in [0.1, 0.15) is 52.4 Å². The first-order valence-corrected chi connectivity index (χ1v) is 9.37. The van der Waals surface area contributed by atoms with Crippen molar-refractivity contribution in [3.8, 4) is 0 Å². The predicted molar refractivity (Wildman–Crippen MR) is 90.8 cm³/mol. The van der Waals surface area contributed by atoms with Crippen LogP contribution < -0.4 is 0 Å². The van der Waals surface area contributed by atoms with Gasteiger partial charge in [-0.25, -0.2) is 0 Å². The average Bonchev–Trinajstić information content (AvgIpc) is 2.60. The summed E-state index contributed by atoms with van der Waals surface area (Å²) in [6, 6.07) is 0. The van der Waals surface area contributed by atoms with E-state index in [-0.39, 0.29) is 31.8 Å². The van der Waals surface area contributed by atoms with Crippen LogP contribution in [0, 0.1) is 40.9 Å². The lowest BCUT2D eigenvalue weighted by Crippen LogP contribution is -2.43. The summed E-state index contributed by atoms with van der Waals surface area (Å²) in [5.41, 5.74) is 0.114. The van der Waals surface area contributed by atoms with Crippen molar-refractivity contribution in [1.82, 2.24) is 0 Å². The minimum absolute atomic E-state index is 0.114. The first-order valence-electron chi connectivity index (χ1n) is 9.37. The summed E-state index contributed by atoms with van der Waals surface area (Å²) in [6.45, 7) is 5.51. The van der Waals surface area contributed by atoms with Gasteiger partial charge in [0.05, 0.1) is 0 Å². The van der Waals surface area contributed by atoms with E-state index in [0.717, 1.165) is 38.5 Å². The van der Waals surface area contributed by atoms with Crippen molar-refractivity contribution in [2.75, 3.05) is 26.4 Å². The van der Waals surface area contributed by atoms with Crippen molar-refractivity contribution < 1.29 is 20.4 Å². The molecular weight excluding hydrogens is 292 g/mol. The van der Waals surface area contributed by atoms with Gasteiger partial charge in [0.25, 0.3) is 0 Å². The lowest BCUT2D eigenvalue weighted by atomic mass is 9.56. The Bertz CT molecular complexity index is 301. The number of rotatable bonds is 6. The van der Waals surface area contributed by atoms with E-state index < -0.39 is 0 Å². The molecule has 2 aliphatic carbocycles. The molecule has 0 aromatic heterocycles. The molecule has 2 fully saturated rings. The van der Waals surface area contributed by atoms with Crippen LogP contribution in [0.15, 0.2) is 0 Å². The zero-order valence-electron chi connectivity index (χ0n) is 14.8. The number of hydrogen-bond donors (Lipinski definition) is 4. The van der Waals surface area contributed by atoms with Gasteiger partial charge in [-0.1, -0.05) is 13.8 Å². The Morgan fingerprint density at radius 2 is 0.826 bits per heavy atom. The van der Waals surface area contributed by atoms with Gasteiger partial charge in [0.2, 0.25) is 0 Å². The fourth-order valence-electron chi connectivity index (χ4n) is 5.27. The third-order valence-electron chi connectivity index (χ3n) is 6.94. The van der Waals surface area contributed by atoms with Crippen molar-refractivity contribution in [2.24, 2.45) is 40.9 Å². The molecule has 0 aromatic carbocycles. The Labute approximate surface area is 140 Å². The molecule has 2 rings (SSSR count). The van der Waals surface area contributed by atoms with Gasteiger partial charge in [-0.3, -0.25) is 0 Å². The van der Waals surface area contributed by atoms with Crippen LogP contribution in [0.25, 0.3) is 0 Å². The van der Waals surface area contributed by atoms with Crippen molar-refractivity contribution >= 4 is 0 Å². The Kier molecular flexibility index (Phi) is 6.90. The molecule has 0 radical (unpaired) electrons. The van der Waals surface area contributed by atoms with Gasteiger partial charge in [0, 0.05) is 26.4 Å². The van der Waals surface area contributed by atoms with Crippen molar-refractivity contribution in [1.29, 1.82) is 0 Å². The second-order valence-corrected chi connectivity index (χ2v) is 8.82. The fourth-order valence-corrected chi connectivity index (χ4v) is 5.27. The Morgan fingerprint density at radius 1 is 0.565 bits per heavy atom. The molecule has 0 saturated heterocycles. The van der Waals surface area contributed by atoms with Crippen LogP contribution in [-0.4, -0.2) is 46.9 Å². The normalized spacial score (nSPS) is 39.4. The molecule has 4 heteroatoms. The van der Waals surface area contributed by atoms with Crippen molar-refractivity contribution in [3.05, 3.63) is 0 Å². The molecule has 4 nitrogen and oxygen atoms in total. The molecule has 0 amide bonds. The summed E-state index contributed by atoms with van der Waals surface area (Å²) in [5, 5.41) is 38.4. The lowest BCUT2D eigenvalue weighted by Gasteiger charge is -2.50. The molecular formula is C19H36O4. The van der Waals surface area contributed by atoms with Crippen LogP contribution >= 0.6 is 0 Å². The molecule has 0 aromatic rings. The van der Waals surface area contributed by atoms with E-state index in [0.29, 0.717) is 35.5 Å². The molecule has 2 aliphatic rings. The SMILES string of the molecule is CC(C)(C1CC(CO)CC(CO)C1)C1CC(CO)C[C@@H](CO)C1. The molecule has 0 spiro atoms. The van der Waals surface area contributed by atoms with Gasteiger partial charge >= 0.3 is 0 Å². The van der Waals surface area contributed by atoms with Gasteiger partial charge in [-0.05, 0) is 79.4 Å². The van der Waals surface area contributed by atoms with Crippen LogP contribution in [0.5, 0.6) is 0 Å². The van der Waals surface area contributed by atoms with E-state index in [4.69, 9.17) is 0 Å². The van der Waals surface area contributed by atoms with Gasteiger partial charge in [0.1, 0.15) is 0 Å². The van der Waals surface area contributed by atoms with E-state index >= 15 is 0 Å². The fraction of sp³-hybridized carbons (Fsp3) is 1.00. The number of aliphatic hydroxyl groups excluding tert-OH is 4. The van der Waals surface area contributed by atoms with Crippen LogP contribution in [0.3, 0.4) is 0 Å². The lowest BCUT2D eigenvalue weighted by molar-refractivity contribution is -0.0275. The quantitative estimate of drug-likeness (QED) is 0.601. The molecule has 0 bridgehead atoms. The van der Waals surface area contributed by atoms with Gasteiger partial charge in [-0.15, -0.1) is 0 Å². The van der Waals surface area contributed by atoms with E-state index in [2.05, 4.69) is 13.8 Å². The standard InChI is InChI=1S/C19H36O4/c1-19(2,17-5-13(9-20)3-14(6-17)10-21)18-7-15(11-22)4-16(8-18)12-23/h13-18,20-23H,3-12H2,1-2H3/t13-,14?,15?,16?,17?,18?/m1/s1.